The summed E-state index contributed by atoms with van der Waals surface area (Å²) < 4.78 is 1.95. The van der Waals surface area contributed by atoms with E-state index in [1.54, 1.807) is 11.9 Å². The molecule has 1 fully saturated rings. The molecule has 1 aromatic carbocycles. The highest BCUT2D eigenvalue weighted by molar-refractivity contribution is 5.83. The SMILES string of the molecule is CNC(=O)[C@H]1CN(C)CCN(C(=O)Cn2c(C)nc3ccccc32)C1. The molecule has 1 N–H and O–H groups in total. The van der Waals surface area contributed by atoms with Gasteiger partial charge < -0.3 is 19.7 Å². The Bertz CT molecular complexity index is 785. The zero-order valence-electron chi connectivity index (χ0n) is 15.0. The zero-order valence-corrected chi connectivity index (χ0v) is 15.0. The number of hydrogen-bond donors (Lipinski definition) is 1. The van der Waals surface area contributed by atoms with E-state index < -0.39 is 0 Å². The minimum absolute atomic E-state index is 0.0178. The van der Waals surface area contributed by atoms with Gasteiger partial charge >= 0.3 is 0 Å². The molecule has 2 aromatic rings. The molecule has 2 amide bonds. The van der Waals surface area contributed by atoms with Gasteiger partial charge in [-0.1, -0.05) is 12.1 Å². The number of aromatic nitrogens is 2. The van der Waals surface area contributed by atoms with Gasteiger partial charge in [-0.2, -0.15) is 0 Å². The van der Waals surface area contributed by atoms with Crippen molar-refractivity contribution in [2.45, 2.75) is 13.5 Å². The number of fused-ring (bicyclic) bond motifs is 1. The summed E-state index contributed by atoms with van der Waals surface area (Å²) >= 11 is 0. The fourth-order valence-electron chi connectivity index (χ4n) is 3.40. The lowest BCUT2D eigenvalue weighted by Crippen LogP contribution is -2.42. The predicted molar refractivity (Wildman–Crippen MR) is 96.1 cm³/mol. The van der Waals surface area contributed by atoms with E-state index >= 15 is 0 Å². The monoisotopic (exact) mass is 343 g/mol. The van der Waals surface area contributed by atoms with Gasteiger partial charge in [0.2, 0.25) is 11.8 Å². The van der Waals surface area contributed by atoms with Gasteiger partial charge in [0.1, 0.15) is 12.4 Å². The molecule has 7 heteroatoms. The predicted octanol–water partition coefficient (Wildman–Crippen LogP) is 0.481. The number of likely N-dealkylation sites (N-methyl/N-ethyl adjacent to an activating group) is 1. The third-order valence-corrected chi connectivity index (χ3v) is 4.83. The number of amides is 2. The van der Waals surface area contributed by atoms with Gasteiger partial charge in [-0.05, 0) is 26.1 Å². The normalized spacial score (nSPS) is 19.0. The lowest BCUT2D eigenvalue weighted by molar-refractivity contribution is -0.133. The topological polar surface area (TPSA) is 70.5 Å². The summed E-state index contributed by atoms with van der Waals surface area (Å²) in [6.07, 6.45) is 0. The van der Waals surface area contributed by atoms with Crippen molar-refractivity contribution in [3.8, 4) is 0 Å². The quantitative estimate of drug-likeness (QED) is 0.880. The molecule has 0 bridgehead atoms. The Morgan fingerprint density at radius 3 is 2.76 bits per heavy atom. The molecule has 1 atom stereocenters. The number of carbonyl (C=O) groups is 2. The molecule has 7 nitrogen and oxygen atoms in total. The fraction of sp³-hybridized carbons (Fsp3) is 0.500. The van der Waals surface area contributed by atoms with E-state index in [0.717, 1.165) is 23.4 Å². The highest BCUT2D eigenvalue weighted by Crippen LogP contribution is 2.16. The summed E-state index contributed by atoms with van der Waals surface area (Å²) in [4.78, 5) is 33.4. The molecule has 0 spiro atoms. The van der Waals surface area contributed by atoms with Gasteiger partial charge in [0, 0.05) is 33.2 Å². The molecule has 134 valence electrons. The lowest BCUT2D eigenvalue weighted by atomic mass is 10.1. The fourth-order valence-corrected chi connectivity index (χ4v) is 3.40. The van der Waals surface area contributed by atoms with Crippen LogP contribution in [-0.4, -0.2) is 71.4 Å². The van der Waals surface area contributed by atoms with E-state index in [9.17, 15) is 9.59 Å². The summed E-state index contributed by atoms with van der Waals surface area (Å²) in [5.41, 5.74) is 1.86. The van der Waals surface area contributed by atoms with Gasteiger partial charge in [-0.25, -0.2) is 4.98 Å². The number of carbonyl (C=O) groups excluding carboxylic acids is 2. The first-order chi connectivity index (χ1) is 12.0. The third-order valence-electron chi connectivity index (χ3n) is 4.83. The summed E-state index contributed by atoms with van der Waals surface area (Å²) in [5.74, 6) is 0.623. The molecule has 2 heterocycles. The summed E-state index contributed by atoms with van der Waals surface area (Å²) in [5, 5.41) is 2.70. The summed E-state index contributed by atoms with van der Waals surface area (Å²) in [6.45, 7) is 4.68. The summed E-state index contributed by atoms with van der Waals surface area (Å²) in [6, 6.07) is 7.82. The number of nitrogens with one attached hydrogen (secondary N) is 1. The van der Waals surface area contributed by atoms with Gasteiger partial charge in [-0.3, -0.25) is 9.59 Å². The smallest absolute Gasteiger partial charge is 0.242 e. The Morgan fingerprint density at radius 2 is 2.00 bits per heavy atom. The van der Waals surface area contributed by atoms with Crippen LogP contribution in [0.25, 0.3) is 11.0 Å². The second kappa shape index (κ2) is 7.23. The number of imidazole rings is 1. The van der Waals surface area contributed by atoms with Gasteiger partial charge in [0.25, 0.3) is 0 Å². The van der Waals surface area contributed by atoms with Crippen LogP contribution in [0.2, 0.25) is 0 Å². The second-order valence-electron chi connectivity index (χ2n) is 6.65. The van der Waals surface area contributed by atoms with Gasteiger partial charge in [0.15, 0.2) is 0 Å². The van der Waals surface area contributed by atoms with Crippen molar-refractivity contribution >= 4 is 22.8 Å². The first-order valence-electron chi connectivity index (χ1n) is 8.59. The molecule has 0 saturated carbocycles. The van der Waals surface area contributed by atoms with Crippen molar-refractivity contribution < 1.29 is 9.59 Å². The van der Waals surface area contributed by atoms with Crippen LogP contribution in [0.5, 0.6) is 0 Å². The van der Waals surface area contributed by atoms with Crippen LogP contribution in [0.3, 0.4) is 0 Å². The Hall–Kier alpha value is -2.41. The highest BCUT2D eigenvalue weighted by atomic mass is 16.2. The van der Waals surface area contributed by atoms with Gasteiger partial charge in [0.05, 0.1) is 17.0 Å². The van der Waals surface area contributed by atoms with Crippen molar-refractivity contribution in [1.82, 2.24) is 24.7 Å². The Kier molecular flexibility index (Phi) is 5.03. The van der Waals surface area contributed by atoms with Crippen LogP contribution in [0.15, 0.2) is 24.3 Å². The zero-order chi connectivity index (χ0) is 18.0. The van der Waals surface area contributed by atoms with Crippen molar-refractivity contribution in [3.05, 3.63) is 30.1 Å². The molecule has 1 aliphatic rings. The van der Waals surface area contributed by atoms with Crippen molar-refractivity contribution in [3.63, 3.8) is 0 Å². The average Bonchev–Trinajstić information content (AvgIpc) is 2.78. The van der Waals surface area contributed by atoms with E-state index in [4.69, 9.17) is 0 Å². The van der Waals surface area contributed by atoms with E-state index in [0.29, 0.717) is 19.6 Å². The van der Waals surface area contributed by atoms with E-state index in [1.807, 2.05) is 42.8 Å². The third kappa shape index (κ3) is 3.66. The molecule has 1 saturated heterocycles. The Labute approximate surface area is 147 Å². The summed E-state index contributed by atoms with van der Waals surface area (Å²) in [7, 11) is 3.62. The Morgan fingerprint density at radius 1 is 1.24 bits per heavy atom. The van der Waals surface area contributed by atoms with E-state index in [1.165, 1.54) is 0 Å². The minimum Gasteiger partial charge on any atom is -0.359 e. The number of benzene rings is 1. The maximum Gasteiger partial charge on any atom is 0.242 e. The van der Waals surface area contributed by atoms with Crippen molar-refractivity contribution in [2.75, 3.05) is 40.3 Å². The number of aryl methyl sites for hydroxylation is 1. The van der Waals surface area contributed by atoms with Crippen LogP contribution in [0.4, 0.5) is 0 Å². The van der Waals surface area contributed by atoms with Crippen LogP contribution < -0.4 is 5.32 Å². The maximum atomic E-state index is 12.9. The molecule has 0 aliphatic carbocycles. The molecular weight excluding hydrogens is 318 g/mol. The second-order valence-corrected chi connectivity index (χ2v) is 6.65. The van der Waals surface area contributed by atoms with Crippen LogP contribution in [0, 0.1) is 12.8 Å². The molecule has 1 aliphatic heterocycles. The lowest BCUT2D eigenvalue weighted by Gasteiger charge is -2.24. The van der Waals surface area contributed by atoms with Crippen molar-refractivity contribution in [2.24, 2.45) is 5.92 Å². The molecule has 0 radical (unpaired) electrons. The van der Waals surface area contributed by atoms with Crippen LogP contribution >= 0.6 is 0 Å². The number of nitrogens with zero attached hydrogens (tertiary/aromatic N) is 4. The van der Waals surface area contributed by atoms with E-state index in [2.05, 4.69) is 15.2 Å². The van der Waals surface area contributed by atoms with Crippen LogP contribution in [0.1, 0.15) is 5.82 Å². The molecule has 25 heavy (non-hydrogen) atoms. The molecule has 3 rings (SSSR count). The number of hydrogen-bond acceptors (Lipinski definition) is 4. The van der Waals surface area contributed by atoms with Crippen molar-refractivity contribution in [1.29, 1.82) is 0 Å². The maximum absolute atomic E-state index is 12.9. The largest absolute Gasteiger partial charge is 0.359 e. The average molecular weight is 343 g/mol. The molecule has 1 aromatic heterocycles. The molecule has 0 unspecified atom stereocenters. The number of para-hydroxylation sites is 2. The first-order valence-corrected chi connectivity index (χ1v) is 8.59. The molecular formula is C18H25N5O2. The number of rotatable bonds is 3. The minimum atomic E-state index is -0.206. The Balaban J connectivity index is 1.79. The van der Waals surface area contributed by atoms with Crippen LogP contribution in [-0.2, 0) is 16.1 Å². The van der Waals surface area contributed by atoms with Gasteiger partial charge in [-0.15, -0.1) is 0 Å². The first kappa shape index (κ1) is 17.4. The van der Waals surface area contributed by atoms with E-state index in [-0.39, 0.29) is 24.3 Å². The standard InChI is InChI=1S/C18H25N5O2/c1-13-20-15-6-4-5-7-16(15)23(13)12-17(24)22-9-8-21(3)10-14(11-22)18(25)19-2/h4-7,14H,8-12H2,1-3H3,(H,19,25)/t14-/m0/s1. The highest BCUT2D eigenvalue weighted by Gasteiger charge is 2.28.